The van der Waals surface area contributed by atoms with Gasteiger partial charge in [0, 0.05) is 44.9 Å². The smallest absolute Gasteiger partial charge is 0.255 e. The summed E-state index contributed by atoms with van der Waals surface area (Å²) < 4.78 is 8.85. The number of hydrogen-bond donors (Lipinski definition) is 2. The van der Waals surface area contributed by atoms with E-state index in [0.717, 1.165) is 11.2 Å². The lowest BCUT2D eigenvalue weighted by Crippen LogP contribution is -2.37. The van der Waals surface area contributed by atoms with Gasteiger partial charge in [-0.2, -0.15) is 5.10 Å². The molecule has 1 fully saturated rings. The highest BCUT2D eigenvalue weighted by molar-refractivity contribution is 6.00. The number of fused-ring (bicyclic) bond motifs is 1. The van der Waals surface area contributed by atoms with E-state index >= 15 is 0 Å². The van der Waals surface area contributed by atoms with E-state index in [1.54, 1.807) is 29.9 Å². The predicted octanol–water partition coefficient (Wildman–Crippen LogP) is 1.05. The second-order valence-corrected chi connectivity index (χ2v) is 7.68. The minimum atomic E-state index is -0.634. The molecular weight excluding hydrogens is 422 g/mol. The lowest BCUT2D eigenvalue weighted by molar-refractivity contribution is -0.127. The first-order valence-corrected chi connectivity index (χ1v) is 10.4. The van der Waals surface area contributed by atoms with Gasteiger partial charge in [-0.15, -0.1) is 0 Å². The highest BCUT2D eigenvalue weighted by Gasteiger charge is 2.37. The maximum atomic E-state index is 12.3. The van der Waals surface area contributed by atoms with Crippen LogP contribution in [-0.2, 0) is 9.53 Å². The first-order valence-electron chi connectivity index (χ1n) is 10.4. The molecule has 1 aliphatic rings. The molecule has 1 aliphatic heterocycles. The van der Waals surface area contributed by atoms with Crippen LogP contribution in [0.25, 0.3) is 5.65 Å². The lowest BCUT2D eigenvalue weighted by atomic mass is 10.1. The molecule has 0 bridgehead atoms. The van der Waals surface area contributed by atoms with Crippen molar-refractivity contribution in [2.75, 3.05) is 32.6 Å². The molecule has 10 nitrogen and oxygen atoms in total. The fourth-order valence-corrected chi connectivity index (χ4v) is 4.19. The zero-order valence-corrected chi connectivity index (χ0v) is 18.5. The average Bonchev–Trinajstić information content (AvgIpc) is 3.53. The summed E-state index contributed by atoms with van der Waals surface area (Å²) in [6.07, 6.45) is 7.27. The molecule has 0 spiro atoms. The molecule has 2 amide bonds. The van der Waals surface area contributed by atoms with Crippen LogP contribution >= 0.6 is 0 Å². The maximum Gasteiger partial charge on any atom is 0.255 e. The number of carbonyl (C=O) groups is 2. The average molecular weight is 447 g/mol. The molecule has 1 saturated heterocycles. The van der Waals surface area contributed by atoms with Crippen LogP contribution in [0, 0.1) is 11.8 Å². The van der Waals surface area contributed by atoms with E-state index in [9.17, 15) is 9.59 Å². The number of carbonyl (C=O) groups excluding carboxylic acids is 2. The zero-order chi connectivity index (χ0) is 23.5. The van der Waals surface area contributed by atoms with Gasteiger partial charge in [-0.1, -0.05) is 12.5 Å². The van der Waals surface area contributed by atoms with E-state index in [2.05, 4.69) is 33.8 Å². The largest absolute Gasteiger partial charge is 0.383 e. The first kappa shape index (κ1) is 22.1. The number of hydrogen-bond acceptors (Lipinski definition) is 6. The maximum absolute atomic E-state index is 12.3. The van der Waals surface area contributed by atoms with Crippen LogP contribution in [0.4, 0.5) is 5.82 Å². The number of pyridine rings is 1. The van der Waals surface area contributed by atoms with Gasteiger partial charge in [0.1, 0.15) is 17.0 Å². The Morgan fingerprint density at radius 1 is 1.39 bits per heavy atom. The van der Waals surface area contributed by atoms with Gasteiger partial charge in [-0.05, 0) is 30.6 Å². The van der Waals surface area contributed by atoms with Crippen molar-refractivity contribution in [1.29, 1.82) is 0 Å². The van der Waals surface area contributed by atoms with Crippen LogP contribution in [0.5, 0.6) is 0 Å². The number of methoxy groups -OCH3 is 1. The number of primary amides is 1. The van der Waals surface area contributed by atoms with E-state index < -0.39 is 5.91 Å². The van der Waals surface area contributed by atoms with Crippen LogP contribution in [0.15, 0.2) is 43.4 Å². The van der Waals surface area contributed by atoms with E-state index in [-0.39, 0.29) is 29.2 Å². The molecule has 0 saturated carbocycles. The van der Waals surface area contributed by atoms with Crippen molar-refractivity contribution in [3.63, 3.8) is 0 Å². The topological polar surface area (TPSA) is 120 Å². The molecule has 170 valence electrons. The Balaban J connectivity index is 1.72. The molecular formula is C23H25N7O3. The Hall–Kier alpha value is -4.10. The fraction of sp³-hybridized carbons (Fsp3) is 0.304. The van der Waals surface area contributed by atoms with Gasteiger partial charge in [0.15, 0.2) is 5.69 Å². The van der Waals surface area contributed by atoms with Crippen molar-refractivity contribution in [2.45, 2.75) is 18.5 Å². The number of likely N-dealkylation sites (tertiary alicyclic amines) is 1. The van der Waals surface area contributed by atoms with Crippen molar-refractivity contribution in [3.8, 4) is 11.8 Å². The second-order valence-electron chi connectivity index (χ2n) is 7.68. The second kappa shape index (κ2) is 9.18. The van der Waals surface area contributed by atoms with Gasteiger partial charge in [0.2, 0.25) is 5.91 Å². The third kappa shape index (κ3) is 4.18. The molecule has 0 unspecified atom stereocenters. The van der Waals surface area contributed by atoms with E-state index in [0.29, 0.717) is 25.4 Å². The number of rotatable bonds is 6. The van der Waals surface area contributed by atoms with Crippen molar-refractivity contribution < 1.29 is 14.3 Å². The minimum absolute atomic E-state index is 0.132. The summed E-state index contributed by atoms with van der Waals surface area (Å²) in [6.45, 7) is 4.38. The summed E-state index contributed by atoms with van der Waals surface area (Å²) in [5.74, 6) is 5.69. The third-order valence-corrected chi connectivity index (χ3v) is 5.66. The van der Waals surface area contributed by atoms with E-state index in [1.807, 2.05) is 28.9 Å². The number of ether oxygens (including phenoxy) is 1. The molecule has 0 radical (unpaired) electrons. The normalized spacial score (nSPS) is 17.6. The number of nitrogens with one attached hydrogen (secondary N) is 1. The quantitative estimate of drug-likeness (QED) is 0.431. The molecule has 4 rings (SSSR count). The number of nitrogens with zero attached hydrogens (tertiary/aromatic N) is 5. The van der Waals surface area contributed by atoms with Crippen LogP contribution < -0.4 is 11.1 Å². The Labute approximate surface area is 191 Å². The summed E-state index contributed by atoms with van der Waals surface area (Å²) in [7, 11) is 3.29. The molecule has 4 heterocycles. The number of anilines is 1. The monoisotopic (exact) mass is 447 g/mol. The Bertz CT molecular complexity index is 1280. The van der Waals surface area contributed by atoms with Gasteiger partial charge < -0.3 is 25.1 Å². The molecule has 33 heavy (non-hydrogen) atoms. The summed E-state index contributed by atoms with van der Waals surface area (Å²) in [5.41, 5.74) is 7.73. The molecule has 0 aliphatic carbocycles. The van der Waals surface area contributed by atoms with Gasteiger partial charge in [-0.25, -0.2) is 9.67 Å². The minimum Gasteiger partial charge on any atom is -0.383 e. The number of imidazole rings is 1. The van der Waals surface area contributed by atoms with Crippen LogP contribution in [-0.4, -0.2) is 69.2 Å². The zero-order valence-electron chi connectivity index (χ0n) is 18.5. The molecule has 3 aromatic rings. The molecule has 10 heteroatoms. The SMILES string of the molecule is C=CC(=O)N1C[C@@H](n2nc(C#Cc3ccc4nccn4c3)c(C(N)=O)c2NC)C[C@@H]1COC. The molecule has 3 aromatic heterocycles. The first-order chi connectivity index (χ1) is 16.0. The van der Waals surface area contributed by atoms with Crippen molar-refractivity contribution >= 4 is 23.3 Å². The number of nitrogens with two attached hydrogens (primary N) is 1. The van der Waals surface area contributed by atoms with Crippen molar-refractivity contribution in [2.24, 2.45) is 5.73 Å². The number of aromatic nitrogens is 4. The molecule has 0 aromatic carbocycles. The standard InChI is InChI=1S/C23H25N7O3/c1-4-20(31)29-13-16(11-17(29)14-33-3)30-23(25-2)21(22(24)32)18(27-30)7-5-15-6-8-19-26-9-10-28(19)12-15/h4,6,8-10,12,16-17,25H,1,11,13-14H2,2-3H3,(H2,24,32)/t16-,17+/m0/s1. The number of amides is 2. The van der Waals surface area contributed by atoms with Gasteiger partial charge in [0.25, 0.3) is 5.91 Å². The van der Waals surface area contributed by atoms with Gasteiger partial charge >= 0.3 is 0 Å². The van der Waals surface area contributed by atoms with Gasteiger partial charge in [0.05, 0.1) is 18.7 Å². The highest BCUT2D eigenvalue weighted by atomic mass is 16.5. The summed E-state index contributed by atoms with van der Waals surface area (Å²) in [4.78, 5) is 30.6. The Morgan fingerprint density at radius 2 is 2.21 bits per heavy atom. The molecule has 3 N–H and O–H groups in total. The van der Waals surface area contributed by atoms with Crippen LogP contribution in [0.3, 0.4) is 0 Å². The van der Waals surface area contributed by atoms with Crippen molar-refractivity contribution in [3.05, 3.63) is 60.2 Å². The van der Waals surface area contributed by atoms with Crippen LogP contribution in [0.2, 0.25) is 0 Å². The fourth-order valence-electron chi connectivity index (χ4n) is 4.19. The highest BCUT2D eigenvalue weighted by Crippen LogP contribution is 2.32. The summed E-state index contributed by atoms with van der Waals surface area (Å²) in [6, 6.07) is 3.39. The Morgan fingerprint density at radius 3 is 2.91 bits per heavy atom. The Kier molecular flexibility index (Phi) is 6.15. The molecule has 2 atom stereocenters. The predicted molar refractivity (Wildman–Crippen MR) is 123 cm³/mol. The van der Waals surface area contributed by atoms with Crippen LogP contribution in [0.1, 0.15) is 34.1 Å². The van der Waals surface area contributed by atoms with Gasteiger partial charge in [-0.3, -0.25) is 9.59 Å². The summed E-state index contributed by atoms with van der Waals surface area (Å²) in [5, 5.41) is 7.65. The lowest BCUT2D eigenvalue weighted by Gasteiger charge is -2.22. The third-order valence-electron chi connectivity index (χ3n) is 5.66. The van der Waals surface area contributed by atoms with E-state index in [4.69, 9.17) is 10.5 Å². The summed E-state index contributed by atoms with van der Waals surface area (Å²) >= 11 is 0. The van der Waals surface area contributed by atoms with E-state index in [1.165, 1.54) is 6.08 Å². The van der Waals surface area contributed by atoms with Crippen molar-refractivity contribution in [1.82, 2.24) is 24.1 Å².